The number of rotatable bonds is 5. The van der Waals surface area contributed by atoms with Gasteiger partial charge in [-0.15, -0.1) is 0 Å². The van der Waals surface area contributed by atoms with Crippen LogP contribution in [0.5, 0.6) is 0 Å². The van der Waals surface area contributed by atoms with Gasteiger partial charge in [-0.1, -0.05) is 43.6 Å². The Kier molecular flexibility index (Phi) is 4.97. The van der Waals surface area contributed by atoms with Gasteiger partial charge >= 0.3 is 0 Å². The van der Waals surface area contributed by atoms with Crippen molar-refractivity contribution in [3.63, 3.8) is 0 Å². The molecule has 20 heavy (non-hydrogen) atoms. The molecule has 0 fully saturated rings. The van der Waals surface area contributed by atoms with Crippen LogP contribution in [0, 0.1) is 11.8 Å². The zero-order valence-corrected chi connectivity index (χ0v) is 14.2. The maximum Gasteiger partial charge on any atom is 0.139 e. The largest absolute Gasteiger partial charge is 0.355 e. The average molecular weight is 336 g/mol. The molecule has 0 spiro atoms. The fourth-order valence-electron chi connectivity index (χ4n) is 2.40. The van der Waals surface area contributed by atoms with Crippen molar-refractivity contribution in [3.05, 3.63) is 29.0 Å². The van der Waals surface area contributed by atoms with Gasteiger partial charge in [0.15, 0.2) is 0 Å². The molecule has 0 radical (unpaired) electrons. The predicted molar refractivity (Wildman–Crippen MR) is 89.1 cm³/mol. The van der Waals surface area contributed by atoms with Crippen LogP contribution in [0.25, 0.3) is 10.9 Å². The first-order valence-electron chi connectivity index (χ1n) is 7.12. The number of fused-ring (bicyclic) bond motifs is 1. The zero-order valence-electron chi connectivity index (χ0n) is 12.6. The second-order valence-electron chi connectivity index (χ2n) is 6.05. The summed E-state index contributed by atoms with van der Waals surface area (Å²) >= 11 is 3.54. The van der Waals surface area contributed by atoms with Crippen LogP contribution in [-0.2, 0) is 0 Å². The predicted octanol–water partition coefficient (Wildman–Crippen LogP) is 4.51. The minimum Gasteiger partial charge on any atom is -0.355 e. The van der Waals surface area contributed by atoms with Crippen LogP contribution < -0.4 is 4.90 Å². The van der Waals surface area contributed by atoms with Crippen LogP contribution >= 0.6 is 15.9 Å². The van der Waals surface area contributed by atoms with Crippen molar-refractivity contribution < 1.29 is 0 Å². The van der Waals surface area contributed by atoms with E-state index in [1.807, 2.05) is 12.1 Å². The molecule has 3 nitrogen and oxygen atoms in total. The zero-order chi connectivity index (χ0) is 14.7. The summed E-state index contributed by atoms with van der Waals surface area (Å²) in [5.41, 5.74) is 0.996. The van der Waals surface area contributed by atoms with Gasteiger partial charge < -0.3 is 4.90 Å². The van der Waals surface area contributed by atoms with Crippen LogP contribution in [-0.4, -0.2) is 23.1 Å². The number of aromatic nitrogens is 2. The summed E-state index contributed by atoms with van der Waals surface area (Å²) in [5, 5.41) is 1.11. The van der Waals surface area contributed by atoms with Crippen LogP contribution in [0.15, 0.2) is 29.0 Å². The molecule has 0 atom stereocenters. The van der Waals surface area contributed by atoms with Gasteiger partial charge in [-0.05, 0) is 30.0 Å². The van der Waals surface area contributed by atoms with Gasteiger partial charge in [0.05, 0.1) is 5.52 Å². The van der Waals surface area contributed by atoms with Gasteiger partial charge in [0.25, 0.3) is 0 Å². The lowest BCUT2D eigenvalue weighted by Gasteiger charge is -2.28. The molecule has 108 valence electrons. The molecular formula is C16H22BrN3. The third kappa shape index (κ3) is 3.69. The highest BCUT2D eigenvalue weighted by molar-refractivity contribution is 9.10. The molecule has 0 saturated heterocycles. The number of halogens is 1. The molecule has 1 aromatic carbocycles. The van der Waals surface area contributed by atoms with Gasteiger partial charge in [-0.2, -0.15) is 0 Å². The number of benzene rings is 1. The van der Waals surface area contributed by atoms with Crippen molar-refractivity contribution >= 4 is 32.7 Å². The summed E-state index contributed by atoms with van der Waals surface area (Å²) in [5.74, 6) is 2.25. The lowest BCUT2D eigenvalue weighted by atomic mass is 10.1. The van der Waals surface area contributed by atoms with Gasteiger partial charge in [0.2, 0.25) is 0 Å². The molecule has 0 aliphatic heterocycles. The molecule has 0 saturated carbocycles. The standard InChI is InChI=1S/C16H22BrN3/c1-11(2)8-20(9-12(3)4)16-14-7-13(17)5-6-15(14)18-10-19-16/h5-7,10-12H,8-9H2,1-4H3. The van der Waals surface area contributed by atoms with E-state index in [0.717, 1.165) is 34.3 Å². The Morgan fingerprint density at radius 2 is 1.70 bits per heavy atom. The fraction of sp³-hybridized carbons (Fsp3) is 0.500. The molecule has 0 amide bonds. The molecule has 4 heteroatoms. The summed E-state index contributed by atoms with van der Waals surface area (Å²) in [6.07, 6.45) is 1.67. The van der Waals surface area contributed by atoms with E-state index in [1.165, 1.54) is 0 Å². The van der Waals surface area contributed by atoms with Gasteiger partial charge in [-0.3, -0.25) is 0 Å². The minimum atomic E-state index is 0.603. The Balaban J connectivity index is 2.48. The number of nitrogens with zero attached hydrogens (tertiary/aromatic N) is 3. The van der Waals surface area contributed by atoms with Crippen molar-refractivity contribution in [1.29, 1.82) is 0 Å². The third-order valence-electron chi connectivity index (χ3n) is 3.05. The average Bonchev–Trinajstić information content (AvgIpc) is 2.36. The smallest absolute Gasteiger partial charge is 0.139 e. The lowest BCUT2D eigenvalue weighted by molar-refractivity contribution is 0.550. The quantitative estimate of drug-likeness (QED) is 0.804. The molecule has 0 aliphatic carbocycles. The van der Waals surface area contributed by atoms with E-state index < -0.39 is 0 Å². The van der Waals surface area contributed by atoms with Crippen molar-refractivity contribution in [3.8, 4) is 0 Å². The number of anilines is 1. The topological polar surface area (TPSA) is 29.0 Å². The Morgan fingerprint density at radius 1 is 1.05 bits per heavy atom. The maximum atomic E-state index is 4.55. The van der Waals surface area contributed by atoms with Crippen molar-refractivity contribution in [2.24, 2.45) is 11.8 Å². The first-order valence-corrected chi connectivity index (χ1v) is 7.92. The summed E-state index contributed by atoms with van der Waals surface area (Å²) in [6.45, 7) is 11.0. The van der Waals surface area contributed by atoms with E-state index in [-0.39, 0.29) is 0 Å². The highest BCUT2D eigenvalue weighted by Gasteiger charge is 2.15. The van der Waals surface area contributed by atoms with Crippen LogP contribution in [0.1, 0.15) is 27.7 Å². The van der Waals surface area contributed by atoms with Crippen molar-refractivity contribution in [2.45, 2.75) is 27.7 Å². The minimum absolute atomic E-state index is 0.603. The van der Waals surface area contributed by atoms with Gasteiger partial charge in [-0.25, -0.2) is 9.97 Å². The van der Waals surface area contributed by atoms with E-state index in [2.05, 4.69) is 64.6 Å². The molecule has 0 N–H and O–H groups in total. The maximum absolute atomic E-state index is 4.55. The summed E-state index contributed by atoms with van der Waals surface area (Å²) in [4.78, 5) is 11.3. The van der Waals surface area contributed by atoms with Crippen molar-refractivity contribution in [1.82, 2.24) is 9.97 Å². The van der Waals surface area contributed by atoms with Crippen LogP contribution in [0.4, 0.5) is 5.82 Å². The Bertz CT molecular complexity index is 571. The second kappa shape index (κ2) is 6.53. The molecular weight excluding hydrogens is 314 g/mol. The van der Waals surface area contributed by atoms with E-state index in [9.17, 15) is 0 Å². The molecule has 2 rings (SSSR count). The first kappa shape index (κ1) is 15.2. The summed E-state index contributed by atoms with van der Waals surface area (Å²) < 4.78 is 1.06. The Labute approximate surface area is 129 Å². The normalized spacial score (nSPS) is 11.6. The van der Waals surface area contributed by atoms with E-state index in [1.54, 1.807) is 6.33 Å². The fourth-order valence-corrected chi connectivity index (χ4v) is 2.76. The molecule has 0 aliphatic rings. The number of hydrogen-bond donors (Lipinski definition) is 0. The van der Waals surface area contributed by atoms with E-state index >= 15 is 0 Å². The number of hydrogen-bond acceptors (Lipinski definition) is 3. The molecule has 2 aromatic rings. The van der Waals surface area contributed by atoms with Crippen LogP contribution in [0.3, 0.4) is 0 Å². The van der Waals surface area contributed by atoms with E-state index in [0.29, 0.717) is 11.8 Å². The highest BCUT2D eigenvalue weighted by Crippen LogP contribution is 2.27. The SMILES string of the molecule is CC(C)CN(CC(C)C)c1ncnc2ccc(Br)cc12. The van der Waals surface area contributed by atoms with Gasteiger partial charge in [0.1, 0.15) is 12.1 Å². The summed E-state index contributed by atoms with van der Waals surface area (Å²) in [6, 6.07) is 6.17. The van der Waals surface area contributed by atoms with E-state index in [4.69, 9.17) is 0 Å². The Morgan fingerprint density at radius 3 is 2.30 bits per heavy atom. The van der Waals surface area contributed by atoms with Crippen molar-refractivity contribution in [2.75, 3.05) is 18.0 Å². The summed E-state index contributed by atoms with van der Waals surface area (Å²) in [7, 11) is 0. The first-order chi connectivity index (χ1) is 9.47. The molecule has 1 heterocycles. The molecule has 1 aromatic heterocycles. The highest BCUT2D eigenvalue weighted by atomic mass is 79.9. The Hall–Kier alpha value is -1.16. The molecule has 0 unspecified atom stereocenters. The van der Waals surface area contributed by atoms with Crippen LogP contribution in [0.2, 0.25) is 0 Å². The third-order valence-corrected chi connectivity index (χ3v) is 3.54. The lowest BCUT2D eigenvalue weighted by Crippen LogP contribution is -2.32. The molecule has 0 bridgehead atoms. The second-order valence-corrected chi connectivity index (χ2v) is 6.97. The monoisotopic (exact) mass is 335 g/mol. The van der Waals surface area contributed by atoms with Gasteiger partial charge in [0, 0.05) is 22.9 Å².